The number of benzene rings is 1. The first-order valence-electron chi connectivity index (χ1n) is 7.98. The van der Waals surface area contributed by atoms with E-state index >= 15 is 0 Å². The molecule has 1 N–H and O–H groups in total. The lowest BCUT2D eigenvalue weighted by Crippen LogP contribution is -2.24. The maximum atomic E-state index is 12.5. The Morgan fingerprint density at radius 1 is 1.12 bits per heavy atom. The first kappa shape index (κ1) is 17.2. The van der Waals surface area contributed by atoms with Crippen LogP contribution in [0.25, 0.3) is 5.69 Å². The van der Waals surface area contributed by atoms with Gasteiger partial charge in [-0.15, -0.1) is 0 Å². The van der Waals surface area contributed by atoms with Gasteiger partial charge < -0.3 is 5.32 Å². The SMILES string of the molecule is Cc1nn(-c2ccccc2)c(C)c1CNC(=O)c1c(C)nn(C)c1Cl. The van der Waals surface area contributed by atoms with Crippen LogP contribution in [0.15, 0.2) is 30.3 Å². The van der Waals surface area contributed by atoms with Crippen LogP contribution >= 0.6 is 11.6 Å². The van der Waals surface area contributed by atoms with Crippen molar-refractivity contribution in [1.29, 1.82) is 0 Å². The van der Waals surface area contributed by atoms with E-state index in [-0.39, 0.29) is 5.91 Å². The molecule has 3 aromatic rings. The van der Waals surface area contributed by atoms with Crippen molar-refractivity contribution in [3.05, 3.63) is 63.7 Å². The molecule has 0 aliphatic carbocycles. The molecule has 1 amide bonds. The van der Waals surface area contributed by atoms with Crippen molar-refractivity contribution in [2.24, 2.45) is 7.05 Å². The molecule has 2 heterocycles. The molecule has 0 radical (unpaired) electrons. The molecule has 130 valence electrons. The Morgan fingerprint density at radius 3 is 2.40 bits per heavy atom. The van der Waals surface area contributed by atoms with Gasteiger partial charge in [0.1, 0.15) is 5.15 Å². The number of halogens is 1. The largest absolute Gasteiger partial charge is 0.348 e. The van der Waals surface area contributed by atoms with Crippen LogP contribution in [-0.4, -0.2) is 25.5 Å². The number of para-hydroxylation sites is 1. The van der Waals surface area contributed by atoms with Crippen LogP contribution in [0.4, 0.5) is 0 Å². The van der Waals surface area contributed by atoms with E-state index in [0.29, 0.717) is 23.0 Å². The molecule has 0 unspecified atom stereocenters. The summed E-state index contributed by atoms with van der Waals surface area (Å²) in [5.74, 6) is -0.234. The fraction of sp³-hybridized carbons (Fsp3) is 0.278. The van der Waals surface area contributed by atoms with Crippen molar-refractivity contribution in [2.45, 2.75) is 27.3 Å². The molecule has 6 nitrogen and oxygen atoms in total. The van der Waals surface area contributed by atoms with Gasteiger partial charge in [-0.1, -0.05) is 29.8 Å². The summed E-state index contributed by atoms with van der Waals surface area (Å²) in [7, 11) is 1.71. The highest BCUT2D eigenvalue weighted by Crippen LogP contribution is 2.20. The minimum Gasteiger partial charge on any atom is -0.348 e. The number of carbonyl (C=O) groups excluding carboxylic acids is 1. The number of nitrogens with zero attached hydrogens (tertiary/aromatic N) is 4. The second-order valence-corrected chi connectivity index (χ2v) is 6.31. The summed E-state index contributed by atoms with van der Waals surface area (Å²) in [4.78, 5) is 12.5. The van der Waals surface area contributed by atoms with Gasteiger partial charge in [-0.25, -0.2) is 4.68 Å². The summed E-state index contributed by atoms with van der Waals surface area (Å²) in [5, 5.41) is 12.0. The van der Waals surface area contributed by atoms with Gasteiger partial charge >= 0.3 is 0 Å². The monoisotopic (exact) mass is 357 g/mol. The summed E-state index contributed by atoms with van der Waals surface area (Å²) in [6.45, 7) is 6.09. The number of carbonyl (C=O) groups is 1. The van der Waals surface area contributed by atoms with Crippen LogP contribution in [0.3, 0.4) is 0 Å². The zero-order chi connectivity index (χ0) is 18.1. The molecule has 7 heteroatoms. The Hall–Kier alpha value is -2.60. The van der Waals surface area contributed by atoms with Gasteiger partial charge in [-0.2, -0.15) is 10.2 Å². The maximum Gasteiger partial charge on any atom is 0.256 e. The van der Waals surface area contributed by atoms with Gasteiger partial charge in [0.2, 0.25) is 0 Å². The molecule has 0 saturated heterocycles. The van der Waals surface area contributed by atoms with Crippen LogP contribution in [0, 0.1) is 20.8 Å². The Morgan fingerprint density at radius 2 is 1.80 bits per heavy atom. The molecule has 0 aliphatic heterocycles. The third kappa shape index (κ3) is 3.17. The molecule has 0 fully saturated rings. The molecule has 1 aromatic carbocycles. The average Bonchev–Trinajstić information content (AvgIpc) is 3.01. The third-order valence-electron chi connectivity index (χ3n) is 4.25. The van der Waals surface area contributed by atoms with E-state index < -0.39 is 0 Å². The Balaban J connectivity index is 1.82. The van der Waals surface area contributed by atoms with Crippen LogP contribution in [-0.2, 0) is 13.6 Å². The normalized spacial score (nSPS) is 10.9. The fourth-order valence-electron chi connectivity index (χ4n) is 2.90. The summed E-state index contributed by atoms with van der Waals surface area (Å²) in [5.41, 5.74) is 4.89. The van der Waals surface area contributed by atoms with E-state index in [9.17, 15) is 4.79 Å². The van der Waals surface area contributed by atoms with Crippen LogP contribution in [0.1, 0.15) is 33.0 Å². The minimum absolute atomic E-state index is 0.234. The molecule has 0 atom stereocenters. The van der Waals surface area contributed by atoms with Gasteiger partial charge in [0.25, 0.3) is 5.91 Å². The number of hydrogen-bond acceptors (Lipinski definition) is 3. The van der Waals surface area contributed by atoms with Gasteiger partial charge in [0, 0.05) is 24.8 Å². The molecule has 0 aliphatic rings. The molecule has 0 bridgehead atoms. The van der Waals surface area contributed by atoms with E-state index in [2.05, 4.69) is 15.5 Å². The highest BCUT2D eigenvalue weighted by atomic mass is 35.5. The van der Waals surface area contributed by atoms with Crippen LogP contribution in [0.5, 0.6) is 0 Å². The Labute approximate surface area is 151 Å². The minimum atomic E-state index is -0.234. The highest BCUT2D eigenvalue weighted by molar-refractivity contribution is 6.33. The van der Waals surface area contributed by atoms with Crippen molar-refractivity contribution in [1.82, 2.24) is 24.9 Å². The van der Waals surface area contributed by atoms with E-state index in [0.717, 1.165) is 22.6 Å². The summed E-state index contributed by atoms with van der Waals surface area (Å²) in [6, 6.07) is 9.91. The van der Waals surface area contributed by atoms with Crippen molar-refractivity contribution < 1.29 is 4.79 Å². The molecule has 3 rings (SSSR count). The van der Waals surface area contributed by atoms with Gasteiger partial charge in [-0.05, 0) is 32.9 Å². The fourth-order valence-corrected chi connectivity index (χ4v) is 3.16. The molecular formula is C18H20ClN5O. The standard InChI is InChI=1S/C18H20ClN5O/c1-11-15(13(3)24(22-11)14-8-6-5-7-9-14)10-20-18(25)16-12(2)21-23(4)17(16)19/h5-9H,10H2,1-4H3,(H,20,25). The molecule has 2 aromatic heterocycles. The quantitative estimate of drug-likeness (QED) is 0.780. The van der Waals surface area contributed by atoms with Crippen LogP contribution in [0.2, 0.25) is 5.15 Å². The summed E-state index contributed by atoms with van der Waals surface area (Å²) < 4.78 is 3.38. The highest BCUT2D eigenvalue weighted by Gasteiger charge is 2.20. The van der Waals surface area contributed by atoms with Gasteiger partial charge in [0.05, 0.1) is 22.6 Å². The second-order valence-electron chi connectivity index (χ2n) is 5.95. The molecule has 25 heavy (non-hydrogen) atoms. The predicted octanol–water partition coefficient (Wildman–Crippen LogP) is 3.11. The zero-order valence-corrected chi connectivity index (χ0v) is 15.4. The van der Waals surface area contributed by atoms with Crippen LogP contribution < -0.4 is 5.32 Å². The van der Waals surface area contributed by atoms with Crippen molar-refractivity contribution in [3.8, 4) is 5.69 Å². The van der Waals surface area contributed by atoms with E-state index in [4.69, 9.17) is 11.6 Å². The lowest BCUT2D eigenvalue weighted by atomic mass is 10.2. The first-order valence-corrected chi connectivity index (χ1v) is 8.35. The molecule has 0 spiro atoms. The van der Waals surface area contributed by atoms with E-state index in [1.54, 1.807) is 14.0 Å². The summed E-state index contributed by atoms with van der Waals surface area (Å²) >= 11 is 6.16. The topological polar surface area (TPSA) is 64.7 Å². The predicted molar refractivity (Wildman–Crippen MR) is 97.2 cm³/mol. The number of rotatable bonds is 4. The van der Waals surface area contributed by atoms with Crippen molar-refractivity contribution >= 4 is 17.5 Å². The Kier molecular flexibility index (Phi) is 4.63. The molecule has 0 saturated carbocycles. The lowest BCUT2D eigenvalue weighted by molar-refractivity contribution is 0.0950. The maximum absolute atomic E-state index is 12.5. The van der Waals surface area contributed by atoms with Gasteiger partial charge in [0.15, 0.2) is 0 Å². The third-order valence-corrected chi connectivity index (χ3v) is 4.68. The molecular weight excluding hydrogens is 338 g/mol. The van der Waals surface area contributed by atoms with Crippen molar-refractivity contribution in [2.75, 3.05) is 0 Å². The number of nitrogens with one attached hydrogen (secondary N) is 1. The van der Waals surface area contributed by atoms with Gasteiger partial charge in [-0.3, -0.25) is 9.48 Å². The smallest absolute Gasteiger partial charge is 0.256 e. The lowest BCUT2D eigenvalue weighted by Gasteiger charge is -2.07. The zero-order valence-electron chi connectivity index (χ0n) is 14.7. The first-order chi connectivity index (χ1) is 11.9. The number of aryl methyl sites for hydroxylation is 3. The van der Waals surface area contributed by atoms with E-state index in [1.165, 1.54) is 4.68 Å². The average molecular weight is 358 g/mol. The van der Waals surface area contributed by atoms with E-state index in [1.807, 2.05) is 48.9 Å². The number of amides is 1. The summed E-state index contributed by atoms with van der Waals surface area (Å²) in [6.07, 6.45) is 0. The second kappa shape index (κ2) is 6.72. The number of aromatic nitrogens is 4. The number of hydrogen-bond donors (Lipinski definition) is 1. The Bertz CT molecular complexity index is 927. The van der Waals surface area contributed by atoms with Crippen molar-refractivity contribution in [3.63, 3.8) is 0 Å².